The second-order valence-electron chi connectivity index (χ2n) is 5.25. The Balaban J connectivity index is 3.93. The van der Waals surface area contributed by atoms with E-state index in [2.05, 4.69) is 27.7 Å². The highest BCUT2D eigenvalue weighted by atomic mass is 16.1. The van der Waals surface area contributed by atoms with E-state index >= 15 is 0 Å². The van der Waals surface area contributed by atoms with Crippen molar-refractivity contribution in [2.45, 2.75) is 53.4 Å². The van der Waals surface area contributed by atoms with E-state index < -0.39 is 0 Å². The van der Waals surface area contributed by atoms with Gasteiger partial charge in [0.05, 0.1) is 0 Å². The van der Waals surface area contributed by atoms with Gasteiger partial charge in [0.2, 0.25) is 0 Å². The van der Waals surface area contributed by atoms with Crippen molar-refractivity contribution in [1.82, 2.24) is 0 Å². The zero-order valence-corrected chi connectivity index (χ0v) is 10.1. The number of carbonyl (C=O) groups is 1. The normalized spacial score (nSPS) is 14.1. The maximum absolute atomic E-state index is 11.7. The number of hydrogen-bond donors (Lipinski definition) is 1. The van der Waals surface area contributed by atoms with E-state index in [4.69, 9.17) is 5.73 Å². The van der Waals surface area contributed by atoms with Gasteiger partial charge in [0, 0.05) is 18.9 Å². The van der Waals surface area contributed by atoms with Crippen LogP contribution in [0.3, 0.4) is 0 Å². The van der Waals surface area contributed by atoms with Gasteiger partial charge in [-0.3, -0.25) is 4.79 Å². The first-order valence-electron chi connectivity index (χ1n) is 5.63. The summed E-state index contributed by atoms with van der Waals surface area (Å²) in [6.07, 6.45) is 3.64. The van der Waals surface area contributed by atoms with Gasteiger partial charge in [-0.25, -0.2) is 0 Å². The summed E-state index contributed by atoms with van der Waals surface area (Å²) in [5.74, 6) is 0.451. The van der Waals surface area contributed by atoms with Gasteiger partial charge in [0.25, 0.3) is 0 Å². The number of nitrogens with two attached hydrogens (primary N) is 1. The monoisotopic (exact) mass is 199 g/mol. The first-order valence-corrected chi connectivity index (χ1v) is 5.63. The lowest BCUT2D eigenvalue weighted by Gasteiger charge is -2.19. The fourth-order valence-electron chi connectivity index (χ4n) is 1.46. The van der Waals surface area contributed by atoms with E-state index in [0.29, 0.717) is 18.7 Å². The lowest BCUT2D eigenvalue weighted by molar-refractivity contribution is -0.123. The van der Waals surface area contributed by atoms with E-state index in [0.717, 1.165) is 19.3 Å². The minimum absolute atomic E-state index is 0.0994. The van der Waals surface area contributed by atoms with Gasteiger partial charge in [0.15, 0.2) is 0 Å². The summed E-state index contributed by atoms with van der Waals surface area (Å²) >= 11 is 0. The molecule has 0 aromatic carbocycles. The van der Waals surface area contributed by atoms with Gasteiger partial charge in [-0.05, 0) is 18.3 Å². The molecule has 2 nitrogen and oxygen atoms in total. The molecule has 0 amide bonds. The second kappa shape index (κ2) is 6.18. The Morgan fingerprint density at radius 2 is 1.93 bits per heavy atom. The van der Waals surface area contributed by atoms with Crippen molar-refractivity contribution >= 4 is 5.78 Å². The summed E-state index contributed by atoms with van der Waals surface area (Å²) in [4.78, 5) is 11.7. The zero-order chi connectivity index (χ0) is 11.2. The predicted octanol–water partition coefficient (Wildman–Crippen LogP) is 2.76. The van der Waals surface area contributed by atoms with Crippen molar-refractivity contribution in [2.75, 3.05) is 6.54 Å². The molecule has 0 aromatic heterocycles. The van der Waals surface area contributed by atoms with E-state index in [1.807, 2.05) is 0 Å². The summed E-state index contributed by atoms with van der Waals surface area (Å²) in [7, 11) is 0. The third kappa shape index (κ3) is 6.14. The Kier molecular flexibility index (Phi) is 6.01. The molecular formula is C12H25NO. The smallest absolute Gasteiger partial charge is 0.137 e. The third-order valence-electron chi connectivity index (χ3n) is 2.50. The molecule has 0 spiro atoms. The van der Waals surface area contributed by atoms with Crippen molar-refractivity contribution in [3.63, 3.8) is 0 Å². The van der Waals surface area contributed by atoms with Crippen LogP contribution in [0.25, 0.3) is 0 Å². The first kappa shape index (κ1) is 13.6. The number of Topliss-reactive ketones (excluding diaryl/α,β-unsaturated/α-hetero) is 1. The number of hydrogen-bond acceptors (Lipinski definition) is 2. The summed E-state index contributed by atoms with van der Waals surface area (Å²) < 4.78 is 0. The largest absolute Gasteiger partial charge is 0.330 e. The van der Waals surface area contributed by atoms with Crippen LogP contribution in [0.2, 0.25) is 0 Å². The van der Waals surface area contributed by atoms with Crippen molar-refractivity contribution in [2.24, 2.45) is 17.1 Å². The van der Waals surface area contributed by atoms with Gasteiger partial charge in [-0.15, -0.1) is 0 Å². The number of ketones is 1. The summed E-state index contributed by atoms with van der Waals surface area (Å²) in [6.45, 7) is 9.10. The molecule has 0 aliphatic heterocycles. The Morgan fingerprint density at radius 1 is 1.36 bits per heavy atom. The zero-order valence-electron chi connectivity index (χ0n) is 10.1. The Bertz CT molecular complexity index is 170. The maximum Gasteiger partial charge on any atom is 0.137 e. The highest BCUT2D eigenvalue weighted by Crippen LogP contribution is 2.22. The molecule has 0 saturated carbocycles. The molecule has 0 aliphatic rings. The Labute approximate surface area is 88.3 Å². The lowest BCUT2D eigenvalue weighted by atomic mass is 9.86. The molecule has 1 atom stereocenters. The SMILES string of the molecule is CCCC(CN)C(=O)CCC(C)(C)C. The van der Waals surface area contributed by atoms with Gasteiger partial charge in [-0.2, -0.15) is 0 Å². The van der Waals surface area contributed by atoms with Crippen molar-refractivity contribution in [3.8, 4) is 0 Å². The van der Waals surface area contributed by atoms with Crippen LogP contribution in [0.1, 0.15) is 53.4 Å². The van der Waals surface area contributed by atoms with Crippen molar-refractivity contribution < 1.29 is 4.79 Å². The summed E-state index contributed by atoms with van der Waals surface area (Å²) in [5.41, 5.74) is 5.83. The molecule has 0 rings (SSSR count). The Morgan fingerprint density at radius 3 is 2.29 bits per heavy atom. The van der Waals surface area contributed by atoms with E-state index in [-0.39, 0.29) is 11.3 Å². The minimum Gasteiger partial charge on any atom is -0.330 e. The fraction of sp³-hybridized carbons (Fsp3) is 0.917. The van der Waals surface area contributed by atoms with Gasteiger partial charge >= 0.3 is 0 Å². The molecular weight excluding hydrogens is 174 g/mol. The van der Waals surface area contributed by atoms with Crippen LogP contribution in [0, 0.1) is 11.3 Å². The highest BCUT2D eigenvalue weighted by molar-refractivity contribution is 5.81. The fourth-order valence-corrected chi connectivity index (χ4v) is 1.46. The molecule has 0 bridgehead atoms. The van der Waals surface area contributed by atoms with Crippen LogP contribution in [-0.4, -0.2) is 12.3 Å². The molecule has 0 radical (unpaired) electrons. The van der Waals surface area contributed by atoms with Crippen LogP contribution >= 0.6 is 0 Å². The second-order valence-corrected chi connectivity index (χ2v) is 5.25. The van der Waals surface area contributed by atoms with Gasteiger partial charge in [0.1, 0.15) is 5.78 Å². The van der Waals surface area contributed by atoms with E-state index in [1.54, 1.807) is 0 Å². The van der Waals surface area contributed by atoms with Crippen LogP contribution in [0.15, 0.2) is 0 Å². The van der Waals surface area contributed by atoms with Gasteiger partial charge < -0.3 is 5.73 Å². The number of rotatable bonds is 6. The van der Waals surface area contributed by atoms with Crippen LogP contribution in [0.5, 0.6) is 0 Å². The molecule has 0 aliphatic carbocycles. The van der Waals surface area contributed by atoms with Crippen LogP contribution < -0.4 is 5.73 Å². The van der Waals surface area contributed by atoms with Crippen LogP contribution in [-0.2, 0) is 4.79 Å². The predicted molar refractivity (Wildman–Crippen MR) is 61.1 cm³/mol. The molecule has 2 N–H and O–H groups in total. The van der Waals surface area contributed by atoms with Crippen molar-refractivity contribution in [1.29, 1.82) is 0 Å². The average molecular weight is 199 g/mol. The molecule has 0 heterocycles. The quantitative estimate of drug-likeness (QED) is 0.714. The average Bonchev–Trinajstić information content (AvgIpc) is 2.09. The standard InChI is InChI=1S/C12H25NO/c1-5-6-10(9-13)11(14)7-8-12(2,3)4/h10H,5-9,13H2,1-4H3. The molecule has 0 saturated heterocycles. The highest BCUT2D eigenvalue weighted by Gasteiger charge is 2.18. The molecule has 14 heavy (non-hydrogen) atoms. The van der Waals surface area contributed by atoms with Gasteiger partial charge in [-0.1, -0.05) is 34.1 Å². The molecule has 1 unspecified atom stereocenters. The number of carbonyl (C=O) groups excluding carboxylic acids is 1. The molecule has 0 aromatic rings. The Hall–Kier alpha value is -0.370. The topological polar surface area (TPSA) is 43.1 Å². The lowest BCUT2D eigenvalue weighted by Crippen LogP contribution is -2.24. The first-order chi connectivity index (χ1) is 6.40. The molecule has 2 heteroatoms. The van der Waals surface area contributed by atoms with Crippen molar-refractivity contribution in [3.05, 3.63) is 0 Å². The van der Waals surface area contributed by atoms with E-state index in [9.17, 15) is 4.79 Å². The maximum atomic E-state index is 11.7. The van der Waals surface area contributed by atoms with Crippen LogP contribution in [0.4, 0.5) is 0 Å². The molecule has 0 fully saturated rings. The summed E-state index contributed by atoms with van der Waals surface area (Å²) in [6, 6.07) is 0. The van der Waals surface area contributed by atoms with E-state index in [1.165, 1.54) is 0 Å². The summed E-state index contributed by atoms with van der Waals surface area (Å²) in [5, 5.41) is 0. The third-order valence-corrected chi connectivity index (χ3v) is 2.50. The molecule has 84 valence electrons. The minimum atomic E-state index is 0.0994.